The molecule has 0 aromatic heterocycles. The largest absolute Gasteiger partial charge is 0.481 e. The van der Waals surface area contributed by atoms with Crippen LogP contribution in [0.2, 0.25) is 0 Å². The summed E-state index contributed by atoms with van der Waals surface area (Å²) in [6.45, 7) is 8.93. The highest BCUT2D eigenvalue weighted by Gasteiger charge is 2.40. The number of carbonyl (C=O) groups is 2. The second kappa shape index (κ2) is 5.49. The molecule has 4 N–H and O–H groups in total. The number of hydrogen-bond acceptors (Lipinski definition) is 3. The molecule has 5 nitrogen and oxygen atoms in total. The van der Waals surface area contributed by atoms with Gasteiger partial charge in [-0.3, -0.25) is 9.59 Å². The van der Waals surface area contributed by atoms with Crippen LogP contribution in [0.5, 0.6) is 0 Å². The lowest BCUT2D eigenvalue weighted by molar-refractivity contribution is -0.138. The zero-order chi connectivity index (χ0) is 13.9. The molecule has 1 atom stereocenters. The summed E-state index contributed by atoms with van der Waals surface area (Å²) in [6, 6.07) is -0.346. The van der Waals surface area contributed by atoms with Gasteiger partial charge in [-0.25, -0.2) is 0 Å². The molecule has 0 aromatic rings. The number of carbonyl (C=O) groups excluding carboxylic acids is 1. The van der Waals surface area contributed by atoms with Gasteiger partial charge >= 0.3 is 5.97 Å². The van der Waals surface area contributed by atoms with E-state index in [2.05, 4.69) is 5.32 Å². The molecule has 0 saturated carbocycles. The summed E-state index contributed by atoms with van der Waals surface area (Å²) in [7, 11) is 0. The van der Waals surface area contributed by atoms with Gasteiger partial charge in [-0.05, 0) is 34.1 Å². The Morgan fingerprint density at radius 3 is 2.06 bits per heavy atom. The first kappa shape index (κ1) is 15.9. The highest BCUT2D eigenvalue weighted by Crippen LogP contribution is 2.28. The fraction of sp³-hybridized carbons (Fsp3) is 0.833. The molecule has 100 valence electrons. The summed E-state index contributed by atoms with van der Waals surface area (Å²) >= 11 is 0. The number of amides is 1. The van der Waals surface area contributed by atoms with Crippen LogP contribution in [0.1, 0.15) is 47.5 Å². The van der Waals surface area contributed by atoms with Crippen molar-refractivity contribution in [3.63, 3.8) is 0 Å². The van der Waals surface area contributed by atoms with Crippen LogP contribution in [-0.2, 0) is 9.59 Å². The molecular weight excluding hydrogens is 220 g/mol. The van der Waals surface area contributed by atoms with Crippen LogP contribution in [0.4, 0.5) is 0 Å². The molecule has 5 heteroatoms. The molecule has 0 aromatic carbocycles. The van der Waals surface area contributed by atoms with Crippen LogP contribution in [0.25, 0.3) is 0 Å². The van der Waals surface area contributed by atoms with Crippen molar-refractivity contribution < 1.29 is 14.7 Å². The first-order valence-electron chi connectivity index (χ1n) is 5.84. The van der Waals surface area contributed by atoms with E-state index in [1.807, 2.05) is 6.92 Å². The average molecular weight is 244 g/mol. The highest BCUT2D eigenvalue weighted by molar-refractivity contribution is 5.84. The van der Waals surface area contributed by atoms with E-state index in [-0.39, 0.29) is 18.4 Å². The second-order valence-corrected chi connectivity index (χ2v) is 5.52. The molecule has 0 heterocycles. The summed E-state index contributed by atoms with van der Waals surface area (Å²) in [4.78, 5) is 22.7. The average Bonchev–Trinajstić information content (AvgIpc) is 2.13. The Morgan fingerprint density at radius 2 is 1.76 bits per heavy atom. The Balaban J connectivity index is 4.67. The number of nitrogens with one attached hydrogen (secondary N) is 1. The van der Waals surface area contributed by atoms with Crippen molar-refractivity contribution in [2.75, 3.05) is 0 Å². The topological polar surface area (TPSA) is 92.4 Å². The van der Waals surface area contributed by atoms with Gasteiger partial charge in [-0.15, -0.1) is 0 Å². The van der Waals surface area contributed by atoms with Crippen molar-refractivity contribution in [1.82, 2.24) is 5.32 Å². The summed E-state index contributed by atoms with van der Waals surface area (Å²) in [5, 5.41) is 11.5. The van der Waals surface area contributed by atoms with Crippen LogP contribution in [0, 0.1) is 5.41 Å². The Kier molecular flexibility index (Phi) is 5.13. The van der Waals surface area contributed by atoms with Gasteiger partial charge in [0.05, 0.1) is 11.8 Å². The van der Waals surface area contributed by atoms with Crippen molar-refractivity contribution in [3.8, 4) is 0 Å². The van der Waals surface area contributed by atoms with Crippen molar-refractivity contribution in [3.05, 3.63) is 0 Å². The number of aliphatic carboxylic acids is 1. The maximum atomic E-state index is 12.1. The van der Waals surface area contributed by atoms with Crippen LogP contribution in [0.3, 0.4) is 0 Å². The molecule has 0 rings (SSSR count). The van der Waals surface area contributed by atoms with E-state index in [4.69, 9.17) is 10.8 Å². The minimum atomic E-state index is -0.915. The second-order valence-electron chi connectivity index (χ2n) is 5.52. The van der Waals surface area contributed by atoms with Crippen LogP contribution < -0.4 is 11.1 Å². The summed E-state index contributed by atoms with van der Waals surface area (Å²) in [6.07, 6.45) is 0.516. The van der Waals surface area contributed by atoms with E-state index >= 15 is 0 Å². The minimum absolute atomic E-state index is 0.0662. The third kappa shape index (κ3) is 4.34. The molecule has 0 fully saturated rings. The smallest absolute Gasteiger partial charge is 0.305 e. The monoisotopic (exact) mass is 244 g/mol. The molecule has 1 unspecified atom stereocenters. The number of nitrogens with two attached hydrogens (primary N) is 1. The number of rotatable bonds is 6. The fourth-order valence-corrected chi connectivity index (χ4v) is 1.17. The third-order valence-corrected chi connectivity index (χ3v) is 3.43. The molecule has 1 amide bonds. The zero-order valence-corrected chi connectivity index (χ0v) is 11.3. The predicted octanol–water partition coefficient (Wildman–Crippen LogP) is 1.12. The van der Waals surface area contributed by atoms with Gasteiger partial charge in [0.15, 0.2) is 0 Å². The van der Waals surface area contributed by atoms with Gasteiger partial charge in [-0.2, -0.15) is 0 Å². The maximum Gasteiger partial charge on any atom is 0.305 e. The first-order chi connectivity index (χ1) is 7.52. The minimum Gasteiger partial charge on any atom is -0.481 e. The third-order valence-electron chi connectivity index (χ3n) is 3.43. The van der Waals surface area contributed by atoms with Gasteiger partial charge in [0, 0.05) is 11.6 Å². The van der Waals surface area contributed by atoms with Gasteiger partial charge < -0.3 is 16.2 Å². The van der Waals surface area contributed by atoms with E-state index in [9.17, 15) is 9.59 Å². The number of carboxylic acid groups (broad SMARTS) is 1. The van der Waals surface area contributed by atoms with E-state index < -0.39 is 16.9 Å². The molecule has 0 saturated heterocycles. The standard InChI is InChI=1S/C12H24N2O3/c1-6-8(7-9(15)16)14-10(17)11(2,3)12(4,5)13/h8H,6-7,13H2,1-5H3,(H,14,17)(H,15,16). The normalized spacial score (nSPS) is 14.2. The first-order valence-corrected chi connectivity index (χ1v) is 5.84. The zero-order valence-electron chi connectivity index (χ0n) is 11.3. The Hall–Kier alpha value is -1.10. The van der Waals surface area contributed by atoms with Crippen molar-refractivity contribution >= 4 is 11.9 Å². The number of hydrogen-bond donors (Lipinski definition) is 3. The fourth-order valence-electron chi connectivity index (χ4n) is 1.17. The van der Waals surface area contributed by atoms with Crippen LogP contribution >= 0.6 is 0 Å². The van der Waals surface area contributed by atoms with Crippen LogP contribution in [-0.4, -0.2) is 28.6 Å². The molecule has 0 bridgehead atoms. The summed E-state index contributed by atoms with van der Waals surface area (Å²) < 4.78 is 0. The lowest BCUT2D eigenvalue weighted by Crippen LogP contribution is -2.57. The molecular formula is C12H24N2O3. The molecule has 17 heavy (non-hydrogen) atoms. The Labute approximate surface area is 103 Å². The van der Waals surface area contributed by atoms with E-state index in [1.54, 1.807) is 27.7 Å². The van der Waals surface area contributed by atoms with E-state index in [0.717, 1.165) is 0 Å². The quantitative estimate of drug-likeness (QED) is 0.652. The molecule has 0 spiro atoms. The van der Waals surface area contributed by atoms with Gasteiger partial charge in [0.1, 0.15) is 0 Å². The predicted molar refractivity (Wildman–Crippen MR) is 66.5 cm³/mol. The number of carboxylic acids is 1. The molecule has 0 radical (unpaired) electrons. The summed E-state index contributed by atoms with van der Waals surface area (Å²) in [5.74, 6) is -1.12. The van der Waals surface area contributed by atoms with Crippen molar-refractivity contribution in [1.29, 1.82) is 0 Å². The SMILES string of the molecule is CCC(CC(=O)O)NC(=O)C(C)(C)C(C)(C)N. The summed E-state index contributed by atoms with van der Waals surface area (Å²) in [5.41, 5.74) is 4.54. The van der Waals surface area contributed by atoms with E-state index in [0.29, 0.717) is 6.42 Å². The highest BCUT2D eigenvalue weighted by atomic mass is 16.4. The lowest BCUT2D eigenvalue weighted by Gasteiger charge is -2.37. The van der Waals surface area contributed by atoms with Crippen molar-refractivity contribution in [2.24, 2.45) is 11.1 Å². The van der Waals surface area contributed by atoms with Gasteiger partial charge in [-0.1, -0.05) is 6.92 Å². The molecule has 0 aliphatic heterocycles. The van der Waals surface area contributed by atoms with E-state index in [1.165, 1.54) is 0 Å². The Morgan fingerprint density at radius 1 is 1.29 bits per heavy atom. The molecule has 0 aliphatic carbocycles. The Bertz CT molecular complexity index is 293. The maximum absolute atomic E-state index is 12.1. The van der Waals surface area contributed by atoms with Gasteiger partial charge in [0.25, 0.3) is 0 Å². The lowest BCUT2D eigenvalue weighted by atomic mass is 9.74. The molecule has 0 aliphatic rings. The van der Waals surface area contributed by atoms with Gasteiger partial charge in [0.2, 0.25) is 5.91 Å². The van der Waals surface area contributed by atoms with Crippen LogP contribution in [0.15, 0.2) is 0 Å². The van der Waals surface area contributed by atoms with Crippen molar-refractivity contribution in [2.45, 2.75) is 59.0 Å².